The van der Waals surface area contributed by atoms with Gasteiger partial charge in [-0.05, 0) is 55.2 Å². The van der Waals surface area contributed by atoms with E-state index >= 15 is 0 Å². The minimum absolute atomic E-state index is 0.443. The smallest absolute Gasteiger partial charge is 0.0354 e. The third kappa shape index (κ3) is 4.04. The van der Waals surface area contributed by atoms with E-state index in [1.54, 1.807) is 0 Å². The zero-order chi connectivity index (χ0) is 14.6. The molecule has 0 saturated heterocycles. The van der Waals surface area contributed by atoms with Crippen molar-refractivity contribution >= 4 is 5.69 Å². The topological polar surface area (TPSA) is 12.0 Å². The van der Waals surface area contributed by atoms with Crippen LogP contribution in [0.25, 0.3) is 0 Å². The fourth-order valence-electron chi connectivity index (χ4n) is 3.25. The lowest BCUT2D eigenvalue weighted by Gasteiger charge is -2.29. The zero-order valence-corrected chi connectivity index (χ0v) is 13.1. The quantitative estimate of drug-likeness (QED) is 0.583. The van der Waals surface area contributed by atoms with Gasteiger partial charge in [0, 0.05) is 17.3 Å². The van der Waals surface area contributed by atoms with Crippen molar-refractivity contribution in [2.24, 2.45) is 11.3 Å². The summed E-state index contributed by atoms with van der Waals surface area (Å²) in [5.41, 5.74) is 2.56. The minimum atomic E-state index is 0.443. The number of hydrogen-bond acceptors (Lipinski definition) is 1. The average Bonchev–Trinajstić information content (AvgIpc) is 2.64. The van der Waals surface area contributed by atoms with Crippen LogP contribution >= 0.6 is 0 Å². The first-order valence-electron chi connectivity index (χ1n) is 7.82. The van der Waals surface area contributed by atoms with E-state index in [1.165, 1.54) is 37.8 Å². The molecule has 1 saturated carbocycles. The molecule has 108 valence electrons. The minimum Gasteiger partial charge on any atom is -0.382 e. The summed E-state index contributed by atoms with van der Waals surface area (Å²) in [5, 5.41) is 3.67. The van der Waals surface area contributed by atoms with Crippen LogP contribution in [0.5, 0.6) is 0 Å². The number of terminal acetylenes is 1. The molecule has 0 aliphatic heterocycles. The van der Waals surface area contributed by atoms with Crippen LogP contribution in [0.2, 0.25) is 0 Å². The summed E-state index contributed by atoms with van der Waals surface area (Å²) in [4.78, 5) is 0. The Morgan fingerprint density at radius 3 is 2.65 bits per heavy atom. The summed E-state index contributed by atoms with van der Waals surface area (Å²) in [7, 11) is 0. The molecule has 1 aliphatic rings. The summed E-state index contributed by atoms with van der Waals surface area (Å²) in [6, 6.07) is 8.80. The Balaban J connectivity index is 1.96. The molecule has 0 radical (unpaired) electrons. The van der Waals surface area contributed by atoms with E-state index in [1.807, 2.05) is 12.1 Å². The van der Waals surface area contributed by atoms with Crippen molar-refractivity contribution in [3.63, 3.8) is 0 Å². The number of nitrogens with one attached hydrogen (secondary N) is 1. The van der Waals surface area contributed by atoms with Gasteiger partial charge < -0.3 is 5.32 Å². The van der Waals surface area contributed by atoms with E-state index < -0.39 is 0 Å². The summed E-state index contributed by atoms with van der Waals surface area (Å²) >= 11 is 0. The lowest BCUT2D eigenvalue weighted by atomic mass is 9.76. The van der Waals surface area contributed by atoms with Crippen LogP contribution in [-0.2, 0) is 0 Å². The average molecular weight is 269 g/mol. The first-order valence-corrected chi connectivity index (χ1v) is 7.82. The van der Waals surface area contributed by atoms with Crippen LogP contribution in [0, 0.1) is 23.7 Å². The maximum Gasteiger partial charge on any atom is 0.0354 e. The van der Waals surface area contributed by atoms with Gasteiger partial charge >= 0.3 is 0 Å². The first kappa shape index (κ1) is 15.0. The molecule has 2 rings (SSSR count). The second-order valence-corrected chi connectivity index (χ2v) is 7.14. The van der Waals surface area contributed by atoms with Crippen LogP contribution in [0.15, 0.2) is 24.3 Å². The Hall–Kier alpha value is -1.42. The lowest BCUT2D eigenvalue weighted by Crippen LogP contribution is -2.21. The predicted molar refractivity (Wildman–Crippen MR) is 87.8 cm³/mol. The first-order chi connectivity index (χ1) is 9.49. The highest BCUT2D eigenvalue weighted by Gasteiger charge is 2.27. The molecule has 1 aromatic rings. The second kappa shape index (κ2) is 6.35. The van der Waals surface area contributed by atoms with Gasteiger partial charge in [-0.15, -0.1) is 6.42 Å². The maximum absolute atomic E-state index is 5.47. The SMILES string of the molecule is C#Cc1cccc(NC2CCCC(C(C)(C)C)CC2)c1. The molecule has 1 aliphatic carbocycles. The van der Waals surface area contributed by atoms with E-state index in [0.29, 0.717) is 11.5 Å². The van der Waals surface area contributed by atoms with Gasteiger partial charge in [0.1, 0.15) is 0 Å². The molecule has 0 aromatic heterocycles. The second-order valence-electron chi connectivity index (χ2n) is 7.14. The van der Waals surface area contributed by atoms with Crippen molar-refractivity contribution in [3.05, 3.63) is 29.8 Å². The summed E-state index contributed by atoms with van der Waals surface area (Å²) in [6.07, 6.45) is 12.0. The van der Waals surface area contributed by atoms with E-state index in [-0.39, 0.29) is 0 Å². The Kier molecular flexibility index (Phi) is 4.76. The van der Waals surface area contributed by atoms with Crippen LogP contribution in [0.3, 0.4) is 0 Å². The van der Waals surface area contributed by atoms with Gasteiger partial charge in [0.15, 0.2) is 0 Å². The normalized spacial score (nSPS) is 23.7. The van der Waals surface area contributed by atoms with Gasteiger partial charge in [-0.2, -0.15) is 0 Å². The maximum atomic E-state index is 5.47. The van der Waals surface area contributed by atoms with Crippen molar-refractivity contribution in [1.29, 1.82) is 0 Å². The summed E-state index contributed by atoms with van der Waals surface area (Å²) in [5.74, 6) is 3.56. The van der Waals surface area contributed by atoms with Crippen molar-refractivity contribution in [2.75, 3.05) is 5.32 Å². The third-order valence-corrected chi connectivity index (χ3v) is 4.59. The van der Waals surface area contributed by atoms with Gasteiger partial charge in [-0.1, -0.05) is 39.2 Å². The Labute approximate surface area is 124 Å². The van der Waals surface area contributed by atoms with Crippen molar-refractivity contribution in [1.82, 2.24) is 0 Å². The molecular formula is C19H27N. The van der Waals surface area contributed by atoms with E-state index in [2.05, 4.69) is 44.1 Å². The molecule has 1 nitrogen and oxygen atoms in total. The van der Waals surface area contributed by atoms with Gasteiger partial charge in [-0.3, -0.25) is 0 Å². The molecule has 0 heterocycles. The summed E-state index contributed by atoms with van der Waals surface area (Å²) in [6.45, 7) is 7.13. The van der Waals surface area contributed by atoms with E-state index in [9.17, 15) is 0 Å². The molecule has 1 heteroatoms. The molecule has 1 N–H and O–H groups in total. The van der Waals surface area contributed by atoms with Gasteiger partial charge in [0.25, 0.3) is 0 Å². The molecule has 0 amide bonds. The molecule has 1 fully saturated rings. The number of hydrogen-bond donors (Lipinski definition) is 1. The van der Waals surface area contributed by atoms with E-state index in [4.69, 9.17) is 6.42 Å². The van der Waals surface area contributed by atoms with Crippen LogP contribution in [0.1, 0.15) is 58.4 Å². The fourth-order valence-corrected chi connectivity index (χ4v) is 3.25. The van der Waals surface area contributed by atoms with E-state index in [0.717, 1.165) is 11.5 Å². The molecule has 0 bridgehead atoms. The van der Waals surface area contributed by atoms with Crippen LogP contribution in [0.4, 0.5) is 5.69 Å². The molecule has 1 aromatic carbocycles. The molecule has 2 atom stereocenters. The van der Waals surface area contributed by atoms with Crippen LogP contribution in [-0.4, -0.2) is 6.04 Å². The Bertz CT molecular complexity index is 475. The highest BCUT2D eigenvalue weighted by Crippen LogP contribution is 2.37. The largest absolute Gasteiger partial charge is 0.382 e. The van der Waals surface area contributed by atoms with Crippen molar-refractivity contribution < 1.29 is 0 Å². The number of anilines is 1. The zero-order valence-electron chi connectivity index (χ0n) is 13.1. The van der Waals surface area contributed by atoms with Gasteiger partial charge in [0.2, 0.25) is 0 Å². The highest BCUT2D eigenvalue weighted by molar-refractivity contribution is 5.50. The monoisotopic (exact) mass is 269 g/mol. The standard InChI is InChI=1S/C19H27N/c1-5-15-8-6-11-18(14-15)20-17-10-7-9-16(12-13-17)19(2,3)4/h1,6,8,11,14,16-17,20H,7,9-10,12-13H2,2-4H3. The fraction of sp³-hybridized carbons (Fsp3) is 0.579. The third-order valence-electron chi connectivity index (χ3n) is 4.59. The van der Waals surface area contributed by atoms with Crippen molar-refractivity contribution in [3.8, 4) is 12.3 Å². The molecule has 2 unspecified atom stereocenters. The Morgan fingerprint density at radius 1 is 1.15 bits per heavy atom. The van der Waals surface area contributed by atoms with Crippen LogP contribution < -0.4 is 5.32 Å². The number of rotatable bonds is 2. The lowest BCUT2D eigenvalue weighted by molar-refractivity contribution is 0.214. The van der Waals surface area contributed by atoms with Crippen molar-refractivity contribution in [2.45, 2.75) is 58.9 Å². The molecular weight excluding hydrogens is 242 g/mol. The Morgan fingerprint density at radius 2 is 1.95 bits per heavy atom. The highest BCUT2D eigenvalue weighted by atomic mass is 14.9. The van der Waals surface area contributed by atoms with Gasteiger partial charge in [0.05, 0.1) is 0 Å². The predicted octanol–water partition coefficient (Wildman–Crippen LogP) is 5.07. The number of benzene rings is 1. The molecule has 0 spiro atoms. The summed E-state index contributed by atoms with van der Waals surface area (Å²) < 4.78 is 0. The molecule has 20 heavy (non-hydrogen) atoms. The van der Waals surface area contributed by atoms with Gasteiger partial charge in [-0.25, -0.2) is 0 Å².